The van der Waals surface area contributed by atoms with Crippen LogP contribution in [0.5, 0.6) is 0 Å². The first kappa shape index (κ1) is 36.4. The van der Waals surface area contributed by atoms with Crippen molar-refractivity contribution in [1.29, 1.82) is 0 Å². The van der Waals surface area contributed by atoms with Gasteiger partial charge in [-0.05, 0) is 113 Å². The van der Waals surface area contributed by atoms with E-state index in [-0.39, 0.29) is 10.8 Å². The van der Waals surface area contributed by atoms with Crippen molar-refractivity contribution in [3.05, 3.63) is 216 Å². The number of aromatic nitrogens is 2. The second-order valence-corrected chi connectivity index (χ2v) is 18.1. The lowest BCUT2D eigenvalue weighted by atomic mass is 9.81. The molecule has 1 heterocycles. The molecule has 294 valence electrons. The summed E-state index contributed by atoms with van der Waals surface area (Å²) in [5, 5.41) is 4.95. The number of nitrogens with zero attached hydrogens (tertiary/aromatic N) is 2. The van der Waals surface area contributed by atoms with E-state index in [0.29, 0.717) is 0 Å². The van der Waals surface area contributed by atoms with E-state index in [2.05, 4.69) is 216 Å². The third-order valence-corrected chi connectivity index (χ3v) is 13.9. The van der Waals surface area contributed by atoms with Gasteiger partial charge in [-0.3, -0.25) is 0 Å². The van der Waals surface area contributed by atoms with Crippen molar-refractivity contribution in [2.24, 2.45) is 0 Å². The van der Waals surface area contributed by atoms with Gasteiger partial charge in [0.05, 0.1) is 11.4 Å². The van der Waals surface area contributed by atoms with Crippen molar-refractivity contribution in [1.82, 2.24) is 9.97 Å². The molecule has 0 saturated heterocycles. The summed E-state index contributed by atoms with van der Waals surface area (Å²) in [5.74, 6) is 0.720. The van der Waals surface area contributed by atoms with Crippen LogP contribution in [0.3, 0.4) is 0 Å². The van der Waals surface area contributed by atoms with Gasteiger partial charge >= 0.3 is 0 Å². The van der Waals surface area contributed by atoms with Gasteiger partial charge in [0.25, 0.3) is 0 Å². The number of benzene rings is 9. The standard InChI is InChI=1S/C60H44N2/c1-59(2)51-23-13-12-21-48(51)57-49(22-14-24-52(57)59)56-36-55(61-58(62-56)39-15-6-5-7-16-39)47-32-31-43(44-19-10-11-20-45(44)47)38-27-25-37(26-28-38)42-29-30-46-50-33-40-17-8-9-18-41(40)34-54(50)60(3,4)53(46)35-42/h5-36H,1-4H3. The van der Waals surface area contributed by atoms with Gasteiger partial charge in [0.15, 0.2) is 5.82 Å². The zero-order valence-corrected chi connectivity index (χ0v) is 35.4. The van der Waals surface area contributed by atoms with Crippen LogP contribution in [0.2, 0.25) is 0 Å². The number of fused-ring (bicyclic) bond motifs is 8. The Bertz CT molecular complexity index is 3450. The largest absolute Gasteiger partial charge is 0.228 e. The molecule has 0 amide bonds. The molecule has 62 heavy (non-hydrogen) atoms. The van der Waals surface area contributed by atoms with Crippen LogP contribution in [0, 0.1) is 0 Å². The molecule has 12 rings (SSSR count). The van der Waals surface area contributed by atoms with Crippen molar-refractivity contribution in [3.8, 4) is 78.4 Å². The Kier molecular flexibility index (Phi) is 7.96. The average molecular weight is 793 g/mol. The van der Waals surface area contributed by atoms with Crippen molar-refractivity contribution in [3.63, 3.8) is 0 Å². The van der Waals surface area contributed by atoms with Crippen LogP contribution in [-0.4, -0.2) is 9.97 Å². The summed E-state index contributed by atoms with van der Waals surface area (Å²) in [4.78, 5) is 10.6. The molecule has 2 heteroatoms. The van der Waals surface area contributed by atoms with E-state index in [1.54, 1.807) is 0 Å². The van der Waals surface area contributed by atoms with Crippen LogP contribution in [0.1, 0.15) is 49.9 Å². The van der Waals surface area contributed by atoms with Gasteiger partial charge in [-0.25, -0.2) is 9.97 Å². The third kappa shape index (κ3) is 5.49. The monoisotopic (exact) mass is 792 g/mol. The predicted octanol–water partition coefficient (Wildman–Crippen LogP) is 15.7. The number of rotatable bonds is 5. The maximum absolute atomic E-state index is 5.31. The first-order valence-corrected chi connectivity index (χ1v) is 21.7. The molecular formula is C60H44N2. The highest BCUT2D eigenvalue weighted by Crippen LogP contribution is 2.53. The van der Waals surface area contributed by atoms with Crippen molar-refractivity contribution in [2.75, 3.05) is 0 Å². The smallest absolute Gasteiger partial charge is 0.160 e. The first-order valence-electron chi connectivity index (χ1n) is 21.7. The molecule has 0 atom stereocenters. The summed E-state index contributed by atoms with van der Waals surface area (Å²) in [5.41, 5.74) is 20.4. The fourth-order valence-electron chi connectivity index (χ4n) is 10.6. The van der Waals surface area contributed by atoms with Crippen LogP contribution in [-0.2, 0) is 10.8 Å². The Morgan fingerprint density at radius 3 is 1.65 bits per heavy atom. The predicted molar refractivity (Wildman–Crippen MR) is 259 cm³/mol. The van der Waals surface area contributed by atoms with Gasteiger partial charge in [-0.15, -0.1) is 0 Å². The molecule has 0 spiro atoms. The summed E-state index contributed by atoms with van der Waals surface area (Å²) in [6.07, 6.45) is 0. The zero-order chi connectivity index (χ0) is 41.7. The molecule has 0 fully saturated rings. The Morgan fingerprint density at radius 2 is 0.855 bits per heavy atom. The van der Waals surface area contributed by atoms with Gasteiger partial charge in [-0.2, -0.15) is 0 Å². The minimum absolute atomic E-state index is 0.0823. The summed E-state index contributed by atoms with van der Waals surface area (Å²) >= 11 is 0. The zero-order valence-electron chi connectivity index (χ0n) is 35.4. The lowest BCUT2D eigenvalue weighted by molar-refractivity contribution is 0.660. The molecule has 9 aromatic carbocycles. The van der Waals surface area contributed by atoms with Crippen LogP contribution in [0.15, 0.2) is 194 Å². The summed E-state index contributed by atoms with van der Waals surface area (Å²) in [7, 11) is 0. The lowest BCUT2D eigenvalue weighted by Gasteiger charge is -2.22. The van der Waals surface area contributed by atoms with Crippen LogP contribution in [0.25, 0.3) is 100.0 Å². The highest BCUT2D eigenvalue weighted by atomic mass is 14.9. The third-order valence-electron chi connectivity index (χ3n) is 13.9. The van der Waals surface area contributed by atoms with E-state index in [4.69, 9.17) is 9.97 Å². The van der Waals surface area contributed by atoms with Gasteiger partial charge < -0.3 is 0 Å². The Labute approximate surface area is 363 Å². The number of hydrogen-bond acceptors (Lipinski definition) is 2. The molecule has 1 aromatic heterocycles. The molecule has 0 radical (unpaired) electrons. The van der Waals surface area contributed by atoms with Crippen molar-refractivity contribution in [2.45, 2.75) is 38.5 Å². The fraction of sp³-hybridized carbons (Fsp3) is 0.100. The highest BCUT2D eigenvalue weighted by molar-refractivity contribution is 6.05. The topological polar surface area (TPSA) is 25.8 Å². The van der Waals surface area contributed by atoms with Gasteiger partial charge in [0.2, 0.25) is 0 Å². The van der Waals surface area contributed by atoms with Crippen LogP contribution in [0.4, 0.5) is 0 Å². The molecule has 10 aromatic rings. The summed E-state index contributed by atoms with van der Waals surface area (Å²) in [6.45, 7) is 9.40. The summed E-state index contributed by atoms with van der Waals surface area (Å²) < 4.78 is 0. The molecule has 0 saturated carbocycles. The van der Waals surface area contributed by atoms with Crippen LogP contribution >= 0.6 is 0 Å². The molecule has 2 aliphatic carbocycles. The molecular weight excluding hydrogens is 749 g/mol. The number of hydrogen-bond donors (Lipinski definition) is 0. The SMILES string of the molecule is CC1(C)c2cc(-c3ccc(-c4ccc(-c5cc(-c6cccc7c6-c6ccccc6C7(C)C)nc(-c6ccccc6)n5)c5ccccc45)cc3)ccc2-c2cc3ccccc3cc21. The van der Waals surface area contributed by atoms with E-state index in [9.17, 15) is 0 Å². The molecule has 0 bridgehead atoms. The van der Waals surface area contributed by atoms with E-state index in [1.807, 2.05) is 6.07 Å². The minimum atomic E-state index is -0.106. The maximum atomic E-state index is 5.31. The van der Waals surface area contributed by atoms with Gasteiger partial charge in [-0.1, -0.05) is 198 Å². The second kappa shape index (κ2) is 13.5. The van der Waals surface area contributed by atoms with Crippen LogP contribution < -0.4 is 0 Å². The Morgan fingerprint density at radius 1 is 0.306 bits per heavy atom. The maximum Gasteiger partial charge on any atom is 0.160 e. The van der Waals surface area contributed by atoms with E-state index in [0.717, 1.165) is 39.3 Å². The molecule has 0 aliphatic heterocycles. The molecule has 0 N–H and O–H groups in total. The first-order chi connectivity index (χ1) is 30.2. The van der Waals surface area contributed by atoms with E-state index >= 15 is 0 Å². The quantitative estimate of drug-likeness (QED) is 0.173. The van der Waals surface area contributed by atoms with E-state index in [1.165, 1.54) is 82.9 Å². The van der Waals surface area contributed by atoms with Gasteiger partial charge in [0.1, 0.15) is 0 Å². The van der Waals surface area contributed by atoms with E-state index < -0.39 is 0 Å². The Hall–Kier alpha value is -7.42. The van der Waals surface area contributed by atoms with Crippen molar-refractivity contribution < 1.29 is 0 Å². The molecule has 0 unspecified atom stereocenters. The average Bonchev–Trinajstić information content (AvgIpc) is 3.69. The molecule has 2 aliphatic rings. The second-order valence-electron chi connectivity index (χ2n) is 18.1. The normalized spacial score (nSPS) is 14.1. The van der Waals surface area contributed by atoms with Crippen molar-refractivity contribution >= 4 is 21.5 Å². The Balaban J connectivity index is 0.943. The summed E-state index contributed by atoms with van der Waals surface area (Å²) in [6, 6.07) is 71.0. The molecule has 2 nitrogen and oxygen atoms in total. The fourth-order valence-corrected chi connectivity index (χ4v) is 10.6. The van der Waals surface area contributed by atoms with Gasteiger partial charge in [0, 0.05) is 27.5 Å². The highest BCUT2D eigenvalue weighted by Gasteiger charge is 2.38. The lowest BCUT2D eigenvalue weighted by Crippen LogP contribution is -2.15. The minimum Gasteiger partial charge on any atom is -0.228 e.